The summed E-state index contributed by atoms with van der Waals surface area (Å²) in [6.07, 6.45) is -3.39. The molecule has 0 spiro atoms. The van der Waals surface area contributed by atoms with Crippen LogP contribution in [0.1, 0.15) is 29.3 Å². The van der Waals surface area contributed by atoms with Gasteiger partial charge >= 0.3 is 19.4 Å². The Morgan fingerprint density at radius 3 is 2.13 bits per heavy atom. The van der Waals surface area contributed by atoms with Gasteiger partial charge in [0.25, 0.3) is 0 Å². The topological polar surface area (TPSA) is 77.7 Å². The summed E-state index contributed by atoms with van der Waals surface area (Å²) < 4.78 is 98.5. The van der Waals surface area contributed by atoms with E-state index in [1.54, 1.807) is 30.3 Å². The lowest BCUT2D eigenvalue weighted by atomic mass is 10.0. The maximum Gasteiger partial charge on any atom is 0.417 e. The van der Waals surface area contributed by atoms with Crippen molar-refractivity contribution in [2.24, 2.45) is 5.73 Å². The molecule has 1 heterocycles. The predicted octanol–water partition coefficient (Wildman–Crippen LogP) is 5.97. The molecule has 13 heteroatoms. The molecule has 0 aliphatic rings. The largest absolute Gasteiger partial charge is 0.431 e. The van der Waals surface area contributed by atoms with Crippen molar-refractivity contribution in [3.8, 4) is 11.5 Å². The maximum absolute atomic E-state index is 13.0. The molecule has 0 radical (unpaired) electrons. The van der Waals surface area contributed by atoms with Gasteiger partial charge in [0.1, 0.15) is 6.04 Å². The second-order valence-corrected chi connectivity index (χ2v) is 7.94. The second-order valence-electron chi connectivity index (χ2n) is 7.94. The van der Waals surface area contributed by atoms with Crippen LogP contribution in [-0.2, 0) is 17.4 Å². The first kappa shape index (κ1) is 28.5. The van der Waals surface area contributed by atoms with Crippen LogP contribution in [0.2, 0.25) is 0 Å². The minimum Gasteiger partial charge on any atom is -0.431 e. The van der Waals surface area contributed by atoms with Crippen molar-refractivity contribution < 1.29 is 45.0 Å². The van der Waals surface area contributed by atoms with Gasteiger partial charge in [-0.1, -0.05) is 30.3 Å². The van der Waals surface area contributed by atoms with E-state index in [-0.39, 0.29) is 25.1 Å². The number of ether oxygens (including phenoxy) is 2. The molecule has 38 heavy (non-hydrogen) atoms. The number of nitrogens with two attached hydrogens (primary N) is 1. The summed E-state index contributed by atoms with van der Waals surface area (Å²) in [5.74, 6) is -2.13. The number of anilines is 1. The highest BCUT2D eigenvalue weighted by atomic mass is 19.4. The third-order valence-corrected chi connectivity index (χ3v) is 5.37. The maximum atomic E-state index is 13.0. The van der Waals surface area contributed by atoms with Gasteiger partial charge in [0.15, 0.2) is 11.5 Å². The standard InChI is InChI=1S/C25H22F7N3O3/c26-23(27)37-19-11-10-18(13-20(19)38-24(28)29)35(21(22(33)36)15-5-2-1-3-6-15)12-4-7-17-9-8-16(14-34-17)25(30,31)32/h1-3,5-6,8-11,13-14,21,23-24H,4,7,12H2,(H2,33,36). The Kier molecular flexibility index (Phi) is 9.37. The number of carbonyl (C=O) groups is 1. The molecule has 204 valence electrons. The highest BCUT2D eigenvalue weighted by molar-refractivity contribution is 5.85. The first-order valence-electron chi connectivity index (χ1n) is 11.1. The first-order valence-corrected chi connectivity index (χ1v) is 11.1. The fraction of sp³-hybridized carbons (Fsp3) is 0.280. The molecule has 3 aromatic rings. The monoisotopic (exact) mass is 545 g/mol. The van der Waals surface area contributed by atoms with Crippen LogP contribution in [0.5, 0.6) is 11.5 Å². The highest BCUT2D eigenvalue weighted by Crippen LogP contribution is 2.37. The van der Waals surface area contributed by atoms with Crippen molar-refractivity contribution in [1.82, 2.24) is 4.98 Å². The number of carbonyl (C=O) groups excluding carboxylic acids is 1. The number of aryl methyl sites for hydroxylation is 1. The summed E-state index contributed by atoms with van der Waals surface area (Å²) in [6.45, 7) is -6.62. The molecular formula is C25H22F7N3O3. The number of amides is 1. The van der Waals surface area contributed by atoms with Crippen molar-refractivity contribution in [3.63, 3.8) is 0 Å². The van der Waals surface area contributed by atoms with Crippen LogP contribution in [0.3, 0.4) is 0 Å². The molecule has 0 saturated heterocycles. The molecular weight excluding hydrogens is 523 g/mol. The van der Waals surface area contributed by atoms with E-state index in [0.29, 0.717) is 17.5 Å². The minimum absolute atomic E-state index is 0.0500. The van der Waals surface area contributed by atoms with Crippen molar-refractivity contribution in [2.75, 3.05) is 11.4 Å². The second kappa shape index (κ2) is 12.5. The average Bonchev–Trinajstić information content (AvgIpc) is 2.84. The summed E-state index contributed by atoms with van der Waals surface area (Å²) in [5, 5.41) is 0. The summed E-state index contributed by atoms with van der Waals surface area (Å²) in [6, 6.07) is 12.5. The van der Waals surface area contributed by atoms with E-state index in [0.717, 1.165) is 18.2 Å². The third-order valence-electron chi connectivity index (χ3n) is 5.37. The van der Waals surface area contributed by atoms with Gasteiger partial charge in [-0.25, -0.2) is 0 Å². The minimum atomic E-state index is -4.54. The SMILES string of the molecule is NC(=O)C(c1ccccc1)N(CCCc1ccc(C(F)(F)F)cn1)c1ccc(OC(F)F)c(OC(F)F)c1. The molecule has 0 aliphatic heterocycles. The number of primary amides is 1. The van der Waals surface area contributed by atoms with Gasteiger partial charge in [-0.3, -0.25) is 9.78 Å². The molecule has 3 rings (SSSR count). The highest BCUT2D eigenvalue weighted by Gasteiger charge is 2.31. The number of hydrogen-bond acceptors (Lipinski definition) is 5. The van der Waals surface area contributed by atoms with Gasteiger partial charge in [-0.2, -0.15) is 30.7 Å². The van der Waals surface area contributed by atoms with Crippen LogP contribution in [0.4, 0.5) is 36.4 Å². The van der Waals surface area contributed by atoms with E-state index in [1.165, 1.54) is 17.0 Å². The summed E-state index contributed by atoms with van der Waals surface area (Å²) in [7, 11) is 0. The lowest BCUT2D eigenvalue weighted by Gasteiger charge is -2.32. The Bertz CT molecular complexity index is 1190. The number of nitrogens with zero attached hydrogens (tertiary/aromatic N) is 2. The van der Waals surface area contributed by atoms with Gasteiger partial charge in [0.05, 0.1) is 5.56 Å². The molecule has 1 amide bonds. The lowest BCUT2D eigenvalue weighted by molar-refractivity contribution is -0.137. The van der Waals surface area contributed by atoms with Crippen LogP contribution >= 0.6 is 0 Å². The van der Waals surface area contributed by atoms with E-state index in [9.17, 15) is 35.5 Å². The van der Waals surface area contributed by atoms with E-state index in [1.807, 2.05) is 0 Å². The van der Waals surface area contributed by atoms with Crippen molar-refractivity contribution in [2.45, 2.75) is 38.3 Å². The average molecular weight is 545 g/mol. The van der Waals surface area contributed by atoms with Crippen molar-refractivity contribution >= 4 is 11.6 Å². The molecule has 0 saturated carbocycles. The van der Waals surface area contributed by atoms with E-state index in [4.69, 9.17) is 5.73 Å². The predicted molar refractivity (Wildman–Crippen MR) is 123 cm³/mol. The summed E-state index contributed by atoms with van der Waals surface area (Å²) in [5.41, 5.74) is 5.70. The Hall–Kier alpha value is -4.03. The molecule has 6 nitrogen and oxygen atoms in total. The van der Waals surface area contributed by atoms with Crippen molar-refractivity contribution in [1.29, 1.82) is 0 Å². The first-order chi connectivity index (χ1) is 18.0. The molecule has 0 bridgehead atoms. The molecule has 1 unspecified atom stereocenters. The molecule has 1 aromatic heterocycles. The number of rotatable bonds is 12. The summed E-state index contributed by atoms with van der Waals surface area (Å²) in [4.78, 5) is 17.8. The third kappa shape index (κ3) is 7.73. The molecule has 0 fully saturated rings. The quantitative estimate of drug-likeness (QED) is 0.284. The van der Waals surface area contributed by atoms with Crippen LogP contribution in [-0.4, -0.2) is 30.7 Å². The van der Waals surface area contributed by atoms with Crippen LogP contribution in [0.25, 0.3) is 0 Å². The number of alkyl halides is 7. The van der Waals surface area contributed by atoms with Gasteiger partial charge in [-0.05, 0) is 42.7 Å². The lowest BCUT2D eigenvalue weighted by Crippen LogP contribution is -2.39. The Morgan fingerprint density at radius 2 is 1.58 bits per heavy atom. The Labute approximate surface area is 212 Å². The van der Waals surface area contributed by atoms with E-state index < -0.39 is 48.4 Å². The number of pyridine rings is 1. The van der Waals surface area contributed by atoms with Gasteiger partial charge in [0.2, 0.25) is 5.91 Å². The van der Waals surface area contributed by atoms with Crippen LogP contribution in [0, 0.1) is 0 Å². The van der Waals surface area contributed by atoms with Crippen LogP contribution < -0.4 is 20.1 Å². The number of benzene rings is 2. The number of halogens is 7. The van der Waals surface area contributed by atoms with E-state index in [2.05, 4.69) is 14.5 Å². The van der Waals surface area contributed by atoms with Gasteiger partial charge < -0.3 is 20.1 Å². The molecule has 2 aromatic carbocycles. The van der Waals surface area contributed by atoms with Crippen molar-refractivity contribution in [3.05, 3.63) is 83.7 Å². The van der Waals surface area contributed by atoms with E-state index >= 15 is 0 Å². The smallest absolute Gasteiger partial charge is 0.417 e. The van der Waals surface area contributed by atoms with Gasteiger partial charge in [0, 0.05) is 30.2 Å². The van der Waals surface area contributed by atoms with Crippen LogP contribution in [0.15, 0.2) is 66.9 Å². The normalized spacial score (nSPS) is 12.4. The Morgan fingerprint density at radius 1 is 0.921 bits per heavy atom. The zero-order valence-electron chi connectivity index (χ0n) is 19.5. The zero-order valence-corrected chi connectivity index (χ0v) is 19.5. The zero-order chi connectivity index (χ0) is 27.9. The molecule has 0 aliphatic carbocycles. The molecule has 1 atom stereocenters. The summed E-state index contributed by atoms with van der Waals surface area (Å²) >= 11 is 0. The molecule has 2 N–H and O–H groups in total. The number of aromatic nitrogens is 1. The Balaban J connectivity index is 1.94. The number of hydrogen-bond donors (Lipinski definition) is 1. The fourth-order valence-corrected chi connectivity index (χ4v) is 3.77. The fourth-order valence-electron chi connectivity index (χ4n) is 3.77. The van der Waals surface area contributed by atoms with Gasteiger partial charge in [-0.15, -0.1) is 0 Å².